The van der Waals surface area contributed by atoms with E-state index in [9.17, 15) is 4.79 Å². The Morgan fingerprint density at radius 1 is 1.59 bits per heavy atom. The Labute approximate surface area is 110 Å². The first-order valence-electron chi connectivity index (χ1n) is 5.79. The van der Waals surface area contributed by atoms with Crippen molar-refractivity contribution in [3.63, 3.8) is 0 Å². The fraction of sp³-hybridized carbons (Fsp3) is 0.462. The number of carbonyl (C=O) groups is 1. The minimum atomic E-state index is 0.0517. The van der Waals surface area contributed by atoms with Crippen molar-refractivity contribution in [3.05, 3.63) is 28.2 Å². The summed E-state index contributed by atoms with van der Waals surface area (Å²) in [6.07, 6.45) is 2.55. The number of hydrogen-bond acceptors (Lipinski definition) is 3. The lowest BCUT2D eigenvalue weighted by atomic mass is 10.0. The van der Waals surface area contributed by atoms with Gasteiger partial charge in [0.05, 0.1) is 17.6 Å². The number of benzene rings is 1. The summed E-state index contributed by atoms with van der Waals surface area (Å²) in [5, 5.41) is 3.23. The molecule has 17 heavy (non-hydrogen) atoms. The van der Waals surface area contributed by atoms with Crippen LogP contribution < -0.4 is 10.1 Å². The van der Waals surface area contributed by atoms with Gasteiger partial charge in [0.15, 0.2) is 5.78 Å². The number of halogens is 1. The van der Waals surface area contributed by atoms with Gasteiger partial charge in [0.2, 0.25) is 0 Å². The van der Waals surface area contributed by atoms with Gasteiger partial charge < -0.3 is 10.1 Å². The number of rotatable bonds is 4. The fourth-order valence-corrected chi connectivity index (χ4v) is 2.69. The van der Waals surface area contributed by atoms with E-state index >= 15 is 0 Å². The van der Waals surface area contributed by atoms with Crippen molar-refractivity contribution in [3.8, 4) is 5.75 Å². The number of Topliss-reactive ketones (excluding diaryl/α,β-unsaturated/α-hetero) is 1. The highest BCUT2D eigenvalue weighted by Crippen LogP contribution is 2.26. The second-order valence-electron chi connectivity index (χ2n) is 4.26. The average Bonchev–Trinajstić information content (AvgIpc) is 2.82. The van der Waals surface area contributed by atoms with Crippen LogP contribution in [0.3, 0.4) is 0 Å². The SMILES string of the molecule is COc1ccc(CC(=O)C2CCCN2)cc1Br. The first-order chi connectivity index (χ1) is 8.20. The number of ketones is 1. The molecule has 3 nitrogen and oxygen atoms in total. The van der Waals surface area contributed by atoms with Gasteiger partial charge in [-0.3, -0.25) is 4.79 Å². The summed E-state index contributed by atoms with van der Waals surface area (Å²) in [5.74, 6) is 1.07. The maximum Gasteiger partial charge on any atom is 0.154 e. The van der Waals surface area contributed by atoms with Crippen LogP contribution in [0.4, 0.5) is 0 Å². The molecule has 0 bridgehead atoms. The van der Waals surface area contributed by atoms with Crippen LogP contribution in [0.5, 0.6) is 5.75 Å². The zero-order valence-electron chi connectivity index (χ0n) is 9.83. The number of carbonyl (C=O) groups excluding carboxylic acids is 1. The lowest BCUT2D eigenvalue weighted by Gasteiger charge is -2.10. The third-order valence-corrected chi connectivity index (χ3v) is 3.66. The largest absolute Gasteiger partial charge is 0.496 e. The zero-order valence-corrected chi connectivity index (χ0v) is 11.4. The topological polar surface area (TPSA) is 38.3 Å². The maximum atomic E-state index is 12.0. The van der Waals surface area contributed by atoms with Crippen LogP contribution in [0.15, 0.2) is 22.7 Å². The molecule has 1 aliphatic rings. The van der Waals surface area contributed by atoms with Crippen LogP contribution in [0.25, 0.3) is 0 Å². The Bertz CT molecular complexity index is 414. The van der Waals surface area contributed by atoms with Crippen molar-refractivity contribution in [2.24, 2.45) is 0 Å². The summed E-state index contributed by atoms with van der Waals surface area (Å²) in [5.41, 5.74) is 1.02. The van der Waals surface area contributed by atoms with E-state index in [-0.39, 0.29) is 11.8 Å². The fourth-order valence-electron chi connectivity index (χ4n) is 2.10. The quantitative estimate of drug-likeness (QED) is 0.927. The van der Waals surface area contributed by atoms with E-state index in [1.165, 1.54) is 0 Å². The van der Waals surface area contributed by atoms with Gasteiger partial charge in [-0.05, 0) is 53.0 Å². The molecule has 1 heterocycles. The molecule has 1 aromatic carbocycles. The number of ether oxygens (including phenoxy) is 1. The van der Waals surface area contributed by atoms with E-state index in [1.54, 1.807) is 7.11 Å². The van der Waals surface area contributed by atoms with Crippen LogP contribution in [0.2, 0.25) is 0 Å². The molecular formula is C13H16BrNO2. The van der Waals surface area contributed by atoms with E-state index in [2.05, 4.69) is 21.2 Å². The lowest BCUT2D eigenvalue weighted by Crippen LogP contribution is -2.31. The second kappa shape index (κ2) is 5.65. The minimum absolute atomic E-state index is 0.0517. The van der Waals surface area contributed by atoms with E-state index < -0.39 is 0 Å². The molecule has 0 aliphatic carbocycles. The molecule has 0 spiro atoms. The van der Waals surface area contributed by atoms with E-state index in [0.717, 1.165) is 35.2 Å². The predicted octanol–water partition coefficient (Wildman–Crippen LogP) is 2.32. The molecular weight excluding hydrogens is 282 g/mol. The van der Waals surface area contributed by atoms with Crippen LogP contribution in [0.1, 0.15) is 18.4 Å². The molecule has 2 rings (SSSR count). The van der Waals surface area contributed by atoms with Crippen LogP contribution in [0, 0.1) is 0 Å². The van der Waals surface area contributed by atoms with E-state index in [0.29, 0.717) is 6.42 Å². The summed E-state index contributed by atoms with van der Waals surface area (Å²) in [7, 11) is 1.63. The Hall–Kier alpha value is -0.870. The van der Waals surface area contributed by atoms with Gasteiger partial charge in [-0.1, -0.05) is 6.07 Å². The second-order valence-corrected chi connectivity index (χ2v) is 5.12. The molecule has 1 unspecified atom stereocenters. The molecule has 0 aromatic heterocycles. The summed E-state index contributed by atoms with van der Waals surface area (Å²) in [6, 6.07) is 5.83. The Morgan fingerprint density at radius 2 is 2.41 bits per heavy atom. The van der Waals surface area contributed by atoms with Crippen LogP contribution in [-0.2, 0) is 11.2 Å². The Balaban J connectivity index is 2.03. The summed E-state index contributed by atoms with van der Waals surface area (Å²) >= 11 is 3.43. The molecule has 1 fully saturated rings. The van der Waals surface area contributed by atoms with Crippen molar-refractivity contribution in [2.75, 3.05) is 13.7 Å². The van der Waals surface area contributed by atoms with Crippen LogP contribution in [-0.4, -0.2) is 25.5 Å². The van der Waals surface area contributed by atoms with Gasteiger partial charge in [0.25, 0.3) is 0 Å². The van der Waals surface area contributed by atoms with Gasteiger partial charge in [0, 0.05) is 6.42 Å². The highest BCUT2D eigenvalue weighted by atomic mass is 79.9. The highest BCUT2D eigenvalue weighted by Gasteiger charge is 2.21. The molecule has 1 aromatic rings. The number of methoxy groups -OCH3 is 1. The van der Waals surface area contributed by atoms with Crippen molar-refractivity contribution in [2.45, 2.75) is 25.3 Å². The van der Waals surface area contributed by atoms with Gasteiger partial charge >= 0.3 is 0 Å². The normalized spacial score (nSPS) is 19.3. The van der Waals surface area contributed by atoms with E-state index in [4.69, 9.17) is 4.74 Å². The highest BCUT2D eigenvalue weighted by molar-refractivity contribution is 9.10. The predicted molar refractivity (Wildman–Crippen MR) is 70.4 cm³/mol. The molecule has 1 saturated heterocycles. The maximum absolute atomic E-state index is 12.0. The summed E-state index contributed by atoms with van der Waals surface area (Å²) in [4.78, 5) is 12.0. The van der Waals surface area contributed by atoms with Crippen molar-refractivity contribution < 1.29 is 9.53 Å². The van der Waals surface area contributed by atoms with Gasteiger partial charge in [0.1, 0.15) is 5.75 Å². The standard InChI is InChI=1S/C13H16BrNO2/c1-17-13-5-4-9(7-10(13)14)8-12(16)11-3-2-6-15-11/h4-5,7,11,15H,2-3,6,8H2,1H3. The van der Waals surface area contributed by atoms with Crippen molar-refractivity contribution >= 4 is 21.7 Å². The number of nitrogens with one attached hydrogen (secondary N) is 1. The van der Waals surface area contributed by atoms with Gasteiger partial charge in [-0.2, -0.15) is 0 Å². The molecule has 92 valence electrons. The van der Waals surface area contributed by atoms with Crippen LogP contribution >= 0.6 is 15.9 Å². The average molecular weight is 298 g/mol. The zero-order chi connectivity index (χ0) is 12.3. The Kier molecular flexibility index (Phi) is 4.18. The molecule has 1 aliphatic heterocycles. The third kappa shape index (κ3) is 3.07. The number of hydrogen-bond donors (Lipinski definition) is 1. The molecule has 0 saturated carbocycles. The lowest BCUT2D eigenvalue weighted by molar-refractivity contribution is -0.120. The summed E-state index contributed by atoms with van der Waals surface area (Å²) < 4.78 is 6.05. The molecule has 0 radical (unpaired) electrons. The molecule has 4 heteroatoms. The first-order valence-corrected chi connectivity index (χ1v) is 6.58. The van der Waals surface area contributed by atoms with E-state index in [1.807, 2.05) is 18.2 Å². The first kappa shape index (κ1) is 12.6. The van der Waals surface area contributed by atoms with Gasteiger partial charge in [-0.25, -0.2) is 0 Å². The van der Waals surface area contributed by atoms with Crippen molar-refractivity contribution in [1.82, 2.24) is 5.32 Å². The van der Waals surface area contributed by atoms with Crippen molar-refractivity contribution in [1.29, 1.82) is 0 Å². The summed E-state index contributed by atoms with van der Waals surface area (Å²) in [6.45, 7) is 0.961. The smallest absolute Gasteiger partial charge is 0.154 e. The third-order valence-electron chi connectivity index (χ3n) is 3.04. The molecule has 1 N–H and O–H groups in total. The molecule has 0 amide bonds. The monoisotopic (exact) mass is 297 g/mol. The minimum Gasteiger partial charge on any atom is -0.496 e. The van der Waals surface area contributed by atoms with Gasteiger partial charge in [-0.15, -0.1) is 0 Å². The Morgan fingerprint density at radius 3 is 3.00 bits per heavy atom. The molecule has 1 atom stereocenters.